The monoisotopic (exact) mass is 390 g/mol. The number of hydrogen-bond donors (Lipinski definition) is 0. The van der Waals surface area contributed by atoms with Gasteiger partial charge in [0.15, 0.2) is 0 Å². The van der Waals surface area contributed by atoms with Crippen LogP contribution in [0.5, 0.6) is 0 Å². The molecule has 0 amide bonds. The van der Waals surface area contributed by atoms with Crippen LogP contribution >= 0.6 is 23.2 Å². The molecule has 1 saturated heterocycles. The lowest BCUT2D eigenvalue weighted by Crippen LogP contribution is -2.46. The third kappa shape index (κ3) is 4.70. The molecule has 0 spiro atoms. The molecule has 1 aliphatic heterocycles. The Hall–Kier alpha value is -1.75. The van der Waals surface area contributed by atoms with Gasteiger partial charge < -0.3 is 9.80 Å². The van der Waals surface area contributed by atoms with Crippen LogP contribution in [0.2, 0.25) is 10.0 Å². The molecule has 2 aromatic carbocycles. The first kappa shape index (κ1) is 19.0. The number of hydrogen-bond acceptors (Lipinski definition) is 3. The summed E-state index contributed by atoms with van der Waals surface area (Å²) in [5.74, 6) is 0. The van der Waals surface area contributed by atoms with Gasteiger partial charge in [-0.25, -0.2) is 0 Å². The summed E-state index contributed by atoms with van der Waals surface area (Å²) in [7, 11) is 3.78. The fourth-order valence-corrected chi connectivity index (χ4v) is 3.75. The summed E-state index contributed by atoms with van der Waals surface area (Å²) in [6.45, 7) is 4.94. The van der Waals surface area contributed by atoms with Gasteiger partial charge in [-0.1, -0.05) is 35.3 Å². The standard InChI is InChI=1S/C20H24Cl2N4/c1-23-15-24(2)18-6-3-16(4-7-18)14-25-9-11-26(12-10-25)20-8-5-17(21)13-19(20)22/h3-8,13,15H,9-12,14H2,1-2H3. The van der Waals surface area contributed by atoms with Crippen molar-refractivity contribution in [3.05, 3.63) is 58.1 Å². The normalized spacial score (nSPS) is 15.6. The van der Waals surface area contributed by atoms with Crippen molar-refractivity contribution in [1.29, 1.82) is 0 Å². The van der Waals surface area contributed by atoms with E-state index >= 15 is 0 Å². The largest absolute Gasteiger partial charge is 0.368 e. The predicted octanol–water partition coefficient (Wildman–Crippen LogP) is 4.41. The van der Waals surface area contributed by atoms with E-state index in [4.69, 9.17) is 23.2 Å². The first-order chi connectivity index (χ1) is 12.6. The van der Waals surface area contributed by atoms with Gasteiger partial charge in [-0.15, -0.1) is 0 Å². The van der Waals surface area contributed by atoms with Crippen molar-refractivity contribution in [2.24, 2.45) is 4.99 Å². The number of aliphatic imine (C=N–C) groups is 1. The smallest absolute Gasteiger partial charge is 0.0888 e. The number of piperazine rings is 1. The maximum absolute atomic E-state index is 6.34. The van der Waals surface area contributed by atoms with Crippen LogP contribution in [-0.2, 0) is 6.54 Å². The van der Waals surface area contributed by atoms with Crippen molar-refractivity contribution in [3.63, 3.8) is 0 Å². The fourth-order valence-electron chi connectivity index (χ4n) is 3.22. The molecule has 6 heteroatoms. The van der Waals surface area contributed by atoms with Gasteiger partial charge in [-0.2, -0.15) is 0 Å². The van der Waals surface area contributed by atoms with Crippen molar-refractivity contribution in [1.82, 2.24) is 4.90 Å². The molecular weight excluding hydrogens is 367 g/mol. The van der Waals surface area contributed by atoms with Crippen molar-refractivity contribution >= 4 is 40.9 Å². The molecule has 0 atom stereocenters. The van der Waals surface area contributed by atoms with Crippen LogP contribution in [0.1, 0.15) is 5.56 Å². The molecule has 0 aromatic heterocycles. The second kappa shape index (κ2) is 8.76. The Labute approximate surface area is 165 Å². The number of nitrogens with zero attached hydrogens (tertiary/aromatic N) is 4. The molecular formula is C20H24Cl2N4. The highest BCUT2D eigenvalue weighted by molar-refractivity contribution is 6.36. The van der Waals surface area contributed by atoms with Gasteiger partial charge in [0.2, 0.25) is 0 Å². The number of halogens is 2. The summed E-state index contributed by atoms with van der Waals surface area (Å²) in [5, 5.41) is 1.40. The van der Waals surface area contributed by atoms with E-state index in [9.17, 15) is 0 Å². The molecule has 2 aromatic rings. The number of rotatable bonds is 5. The SMILES string of the molecule is CN=CN(C)c1ccc(CN2CCN(c3ccc(Cl)cc3Cl)CC2)cc1. The topological polar surface area (TPSA) is 22.1 Å². The van der Waals surface area contributed by atoms with Crippen LogP contribution in [0, 0.1) is 0 Å². The van der Waals surface area contributed by atoms with E-state index in [2.05, 4.69) is 39.1 Å². The highest BCUT2D eigenvalue weighted by Crippen LogP contribution is 2.29. The van der Waals surface area contributed by atoms with Gasteiger partial charge in [-0.05, 0) is 35.9 Å². The lowest BCUT2D eigenvalue weighted by atomic mass is 10.1. The molecule has 3 rings (SSSR count). The molecule has 0 aliphatic carbocycles. The van der Waals surface area contributed by atoms with Crippen molar-refractivity contribution in [2.45, 2.75) is 6.54 Å². The average molecular weight is 391 g/mol. The molecule has 1 heterocycles. The molecule has 4 nitrogen and oxygen atoms in total. The maximum Gasteiger partial charge on any atom is 0.0888 e. The van der Waals surface area contributed by atoms with Gasteiger partial charge >= 0.3 is 0 Å². The first-order valence-corrected chi connectivity index (χ1v) is 9.49. The molecule has 0 unspecified atom stereocenters. The fraction of sp³-hybridized carbons (Fsp3) is 0.350. The van der Waals surface area contributed by atoms with E-state index in [-0.39, 0.29) is 0 Å². The summed E-state index contributed by atoms with van der Waals surface area (Å²) in [4.78, 5) is 10.9. The first-order valence-electron chi connectivity index (χ1n) is 8.73. The highest BCUT2D eigenvalue weighted by Gasteiger charge is 2.19. The Bertz CT molecular complexity index is 753. The minimum atomic E-state index is 0.677. The van der Waals surface area contributed by atoms with Crippen LogP contribution in [0.3, 0.4) is 0 Å². The summed E-state index contributed by atoms with van der Waals surface area (Å²) in [6.07, 6.45) is 1.82. The summed E-state index contributed by atoms with van der Waals surface area (Å²) in [6, 6.07) is 14.4. The molecule has 0 bridgehead atoms. The van der Waals surface area contributed by atoms with Gasteiger partial charge in [-0.3, -0.25) is 9.89 Å². The lowest BCUT2D eigenvalue weighted by molar-refractivity contribution is 0.250. The van der Waals surface area contributed by atoms with Crippen LogP contribution < -0.4 is 9.80 Å². The number of benzene rings is 2. The van der Waals surface area contributed by atoms with Crippen molar-refractivity contribution < 1.29 is 0 Å². The second-order valence-electron chi connectivity index (χ2n) is 6.51. The molecule has 26 heavy (non-hydrogen) atoms. The van der Waals surface area contributed by atoms with E-state index < -0.39 is 0 Å². The zero-order chi connectivity index (χ0) is 18.5. The Morgan fingerprint density at radius 3 is 2.35 bits per heavy atom. The minimum absolute atomic E-state index is 0.677. The molecule has 1 fully saturated rings. The third-order valence-corrected chi connectivity index (χ3v) is 5.20. The van der Waals surface area contributed by atoms with Crippen molar-refractivity contribution in [3.8, 4) is 0 Å². The quantitative estimate of drug-likeness (QED) is 0.557. The zero-order valence-electron chi connectivity index (χ0n) is 15.2. The maximum atomic E-state index is 6.34. The van der Waals surface area contributed by atoms with Gasteiger partial charge in [0, 0.05) is 57.5 Å². The Balaban J connectivity index is 1.55. The van der Waals surface area contributed by atoms with E-state index in [1.54, 1.807) is 7.05 Å². The third-order valence-electron chi connectivity index (χ3n) is 4.66. The summed E-state index contributed by atoms with van der Waals surface area (Å²) >= 11 is 12.3. The highest BCUT2D eigenvalue weighted by atomic mass is 35.5. The Kier molecular flexibility index (Phi) is 6.41. The van der Waals surface area contributed by atoms with Crippen LogP contribution in [0.4, 0.5) is 11.4 Å². The molecule has 0 N–H and O–H groups in total. The molecule has 0 saturated carbocycles. The summed E-state index contributed by atoms with van der Waals surface area (Å²) in [5.41, 5.74) is 3.54. The summed E-state index contributed by atoms with van der Waals surface area (Å²) < 4.78 is 0. The van der Waals surface area contributed by atoms with E-state index in [1.807, 2.05) is 36.5 Å². The van der Waals surface area contributed by atoms with E-state index in [1.165, 1.54) is 5.56 Å². The van der Waals surface area contributed by atoms with Gasteiger partial charge in [0.05, 0.1) is 17.0 Å². The molecule has 138 valence electrons. The number of anilines is 2. The average Bonchev–Trinajstić information content (AvgIpc) is 2.63. The predicted molar refractivity (Wildman–Crippen MR) is 113 cm³/mol. The molecule has 1 aliphatic rings. The zero-order valence-corrected chi connectivity index (χ0v) is 16.7. The van der Waals surface area contributed by atoms with Crippen molar-refractivity contribution in [2.75, 3.05) is 50.1 Å². The minimum Gasteiger partial charge on any atom is -0.368 e. The van der Waals surface area contributed by atoms with E-state index in [0.29, 0.717) is 5.02 Å². The van der Waals surface area contributed by atoms with Crippen LogP contribution in [0.25, 0.3) is 0 Å². The molecule has 0 radical (unpaired) electrons. The Morgan fingerprint density at radius 2 is 1.73 bits per heavy atom. The van der Waals surface area contributed by atoms with E-state index in [0.717, 1.165) is 49.1 Å². The van der Waals surface area contributed by atoms with Crippen LogP contribution in [-0.4, -0.2) is 51.5 Å². The van der Waals surface area contributed by atoms with Gasteiger partial charge in [0.25, 0.3) is 0 Å². The Morgan fingerprint density at radius 1 is 1.04 bits per heavy atom. The van der Waals surface area contributed by atoms with Gasteiger partial charge in [0.1, 0.15) is 0 Å². The van der Waals surface area contributed by atoms with Crippen LogP contribution in [0.15, 0.2) is 47.5 Å². The second-order valence-corrected chi connectivity index (χ2v) is 7.35. The lowest BCUT2D eigenvalue weighted by Gasteiger charge is -2.36.